The fourth-order valence-corrected chi connectivity index (χ4v) is 2.71. The molecule has 0 fully saturated rings. The molecular formula is C18H14F3NO2. The van der Waals surface area contributed by atoms with Gasteiger partial charge in [-0.2, -0.15) is 13.2 Å². The molecule has 0 aromatic heterocycles. The van der Waals surface area contributed by atoms with Crippen LogP contribution in [0, 0.1) is 0 Å². The first kappa shape index (κ1) is 16.1. The number of fused-ring (bicyclic) bond motifs is 1. The minimum atomic E-state index is -4.37. The molecule has 1 aliphatic heterocycles. The average Bonchev–Trinajstić information content (AvgIpc) is 2.54. The lowest BCUT2D eigenvalue weighted by molar-refractivity contribution is -0.137. The van der Waals surface area contributed by atoms with Crippen LogP contribution in [0.5, 0.6) is 0 Å². The van der Waals surface area contributed by atoms with Crippen molar-refractivity contribution in [1.82, 2.24) is 0 Å². The molecule has 0 spiro atoms. The lowest BCUT2D eigenvalue weighted by Crippen LogP contribution is -2.30. The number of carboxylic acids is 1. The number of rotatable bonds is 3. The number of hydrogen-bond acceptors (Lipinski definition) is 2. The second-order valence-electron chi connectivity index (χ2n) is 5.58. The molecule has 2 aromatic carbocycles. The van der Waals surface area contributed by atoms with E-state index < -0.39 is 17.7 Å². The van der Waals surface area contributed by atoms with Crippen LogP contribution in [0.25, 0.3) is 6.08 Å². The number of alkyl halides is 3. The summed E-state index contributed by atoms with van der Waals surface area (Å²) in [6.45, 7) is 0.535. The van der Waals surface area contributed by atoms with E-state index in [1.54, 1.807) is 6.08 Å². The Labute approximate surface area is 136 Å². The second kappa shape index (κ2) is 6.03. The molecule has 1 aliphatic rings. The number of halogens is 3. The molecular weight excluding hydrogens is 319 g/mol. The molecule has 0 atom stereocenters. The van der Waals surface area contributed by atoms with E-state index in [0.29, 0.717) is 12.1 Å². The first-order chi connectivity index (χ1) is 11.3. The zero-order chi connectivity index (χ0) is 17.3. The Hall–Kier alpha value is -2.76. The molecule has 3 rings (SSSR count). The van der Waals surface area contributed by atoms with E-state index in [2.05, 4.69) is 0 Å². The molecule has 124 valence electrons. The van der Waals surface area contributed by atoms with Crippen molar-refractivity contribution >= 4 is 17.7 Å². The SMILES string of the molecule is O=C(O)C1=Cc2ccccc2N(Cc2ccc(C(F)(F)F)cc2)C1. The van der Waals surface area contributed by atoms with E-state index in [1.807, 2.05) is 29.2 Å². The van der Waals surface area contributed by atoms with Crippen LogP contribution in [0.15, 0.2) is 54.1 Å². The summed E-state index contributed by atoms with van der Waals surface area (Å²) in [6, 6.07) is 12.3. The van der Waals surface area contributed by atoms with Crippen LogP contribution in [-0.2, 0) is 17.5 Å². The Morgan fingerprint density at radius 2 is 1.75 bits per heavy atom. The molecule has 0 saturated carbocycles. The standard InChI is InChI=1S/C18H14F3NO2/c19-18(20,21)15-7-5-12(6-8-15)10-22-11-14(17(23)24)9-13-3-1-2-4-16(13)22/h1-9H,10-11H2,(H,23,24). The quantitative estimate of drug-likeness (QED) is 0.915. The smallest absolute Gasteiger partial charge is 0.416 e. The predicted molar refractivity (Wildman–Crippen MR) is 84.5 cm³/mol. The van der Waals surface area contributed by atoms with Gasteiger partial charge in [0, 0.05) is 12.2 Å². The molecule has 1 N–H and O–H groups in total. The number of benzene rings is 2. The Kier molecular flexibility index (Phi) is 4.05. The van der Waals surface area contributed by atoms with Gasteiger partial charge < -0.3 is 10.0 Å². The zero-order valence-electron chi connectivity index (χ0n) is 12.5. The molecule has 0 amide bonds. The number of anilines is 1. The maximum absolute atomic E-state index is 12.6. The van der Waals surface area contributed by atoms with Crippen LogP contribution >= 0.6 is 0 Å². The lowest BCUT2D eigenvalue weighted by Gasteiger charge is -2.30. The van der Waals surface area contributed by atoms with E-state index >= 15 is 0 Å². The fraction of sp³-hybridized carbons (Fsp3) is 0.167. The van der Waals surface area contributed by atoms with Gasteiger partial charge in [0.25, 0.3) is 0 Å². The predicted octanol–water partition coefficient (Wildman–Crippen LogP) is 4.19. The van der Waals surface area contributed by atoms with E-state index in [9.17, 15) is 23.1 Å². The molecule has 0 bridgehead atoms. The summed E-state index contributed by atoms with van der Waals surface area (Å²) in [4.78, 5) is 13.1. The second-order valence-corrected chi connectivity index (χ2v) is 5.58. The highest BCUT2D eigenvalue weighted by molar-refractivity contribution is 5.96. The van der Waals surface area contributed by atoms with Gasteiger partial charge in [0.1, 0.15) is 0 Å². The monoisotopic (exact) mass is 333 g/mol. The highest BCUT2D eigenvalue weighted by Crippen LogP contribution is 2.32. The molecule has 1 heterocycles. The van der Waals surface area contributed by atoms with Crippen molar-refractivity contribution in [2.24, 2.45) is 0 Å². The van der Waals surface area contributed by atoms with Crippen molar-refractivity contribution in [2.45, 2.75) is 12.7 Å². The number of aliphatic carboxylic acids is 1. The van der Waals surface area contributed by atoms with Crippen molar-refractivity contribution in [3.63, 3.8) is 0 Å². The van der Waals surface area contributed by atoms with Gasteiger partial charge in [-0.1, -0.05) is 30.3 Å². The van der Waals surface area contributed by atoms with Gasteiger partial charge in [-0.25, -0.2) is 4.79 Å². The molecule has 24 heavy (non-hydrogen) atoms. The number of carboxylic acid groups (broad SMARTS) is 1. The maximum Gasteiger partial charge on any atom is 0.416 e. The van der Waals surface area contributed by atoms with Crippen molar-refractivity contribution in [3.05, 3.63) is 70.8 Å². The van der Waals surface area contributed by atoms with E-state index in [-0.39, 0.29) is 12.1 Å². The van der Waals surface area contributed by atoms with Gasteiger partial charge in [0.15, 0.2) is 0 Å². The van der Waals surface area contributed by atoms with Crippen molar-refractivity contribution in [2.75, 3.05) is 11.4 Å². The Bertz CT molecular complexity index is 795. The summed E-state index contributed by atoms with van der Waals surface area (Å²) in [5.41, 5.74) is 1.89. The van der Waals surface area contributed by atoms with Crippen LogP contribution in [0.2, 0.25) is 0 Å². The average molecular weight is 333 g/mol. The Morgan fingerprint density at radius 1 is 1.08 bits per heavy atom. The summed E-state index contributed by atoms with van der Waals surface area (Å²) in [5.74, 6) is -0.998. The molecule has 3 nitrogen and oxygen atoms in total. The topological polar surface area (TPSA) is 40.5 Å². The van der Waals surface area contributed by atoms with E-state index in [1.165, 1.54) is 12.1 Å². The van der Waals surface area contributed by atoms with Gasteiger partial charge in [0.05, 0.1) is 17.7 Å². The van der Waals surface area contributed by atoms with Crippen molar-refractivity contribution < 1.29 is 23.1 Å². The van der Waals surface area contributed by atoms with Crippen molar-refractivity contribution in [3.8, 4) is 0 Å². The largest absolute Gasteiger partial charge is 0.478 e. The number of carbonyl (C=O) groups is 1. The van der Waals surface area contributed by atoms with E-state index in [4.69, 9.17) is 0 Å². The number of hydrogen-bond donors (Lipinski definition) is 1. The molecule has 6 heteroatoms. The van der Waals surface area contributed by atoms with Gasteiger partial charge in [-0.3, -0.25) is 0 Å². The van der Waals surface area contributed by atoms with Gasteiger partial charge in [0.2, 0.25) is 0 Å². The van der Waals surface area contributed by atoms with Gasteiger partial charge in [-0.15, -0.1) is 0 Å². The first-order valence-electron chi connectivity index (χ1n) is 7.28. The van der Waals surface area contributed by atoms with Crippen LogP contribution < -0.4 is 4.90 Å². The van der Waals surface area contributed by atoms with E-state index in [0.717, 1.165) is 23.4 Å². The Balaban J connectivity index is 1.87. The summed E-state index contributed by atoms with van der Waals surface area (Å²) < 4.78 is 37.9. The molecule has 2 aromatic rings. The minimum Gasteiger partial charge on any atom is -0.478 e. The Morgan fingerprint density at radius 3 is 2.38 bits per heavy atom. The number of para-hydroxylation sites is 1. The first-order valence-corrected chi connectivity index (χ1v) is 7.28. The molecule has 0 aliphatic carbocycles. The van der Waals surface area contributed by atoms with Crippen LogP contribution in [0.4, 0.5) is 18.9 Å². The summed E-state index contributed by atoms with van der Waals surface area (Å²) >= 11 is 0. The molecule has 0 unspecified atom stereocenters. The van der Waals surface area contributed by atoms with Gasteiger partial charge in [-0.05, 0) is 35.4 Å². The van der Waals surface area contributed by atoms with Crippen LogP contribution in [0.1, 0.15) is 16.7 Å². The maximum atomic E-state index is 12.6. The van der Waals surface area contributed by atoms with Gasteiger partial charge >= 0.3 is 12.1 Å². The summed E-state index contributed by atoms with van der Waals surface area (Å²) in [6.07, 6.45) is -2.74. The third-order valence-corrected chi connectivity index (χ3v) is 3.90. The highest BCUT2D eigenvalue weighted by Gasteiger charge is 2.30. The third kappa shape index (κ3) is 3.27. The lowest BCUT2D eigenvalue weighted by atomic mass is 10.0. The summed E-state index contributed by atoms with van der Waals surface area (Å²) in [7, 11) is 0. The normalized spacial score (nSPS) is 14.1. The molecule has 0 saturated heterocycles. The van der Waals surface area contributed by atoms with Crippen LogP contribution in [0.3, 0.4) is 0 Å². The summed E-state index contributed by atoms with van der Waals surface area (Å²) in [5, 5.41) is 9.25. The number of nitrogens with zero attached hydrogens (tertiary/aromatic N) is 1. The zero-order valence-corrected chi connectivity index (χ0v) is 12.5. The third-order valence-electron chi connectivity index (χ3n) is 3.90. The molecule has 0 radical (unpaired) electrons. The highest BCUT2D eigenvalue weighted by atomic mass is 19.4. The van der Waals surface area contributed by atoms with Crippen molar-refractivity contribution in [1.29, 1.82) is 0 Å². The fourth-order valence-electron chi connectivity index (χ4n) is 2.71. The van der Waals surface area contributed by atoms with Crippen LogP contribution in [-0.4, -0.2) is 17.6 Å². The minimum absolute atomic E-state index is 0.202.